The van der Waals surface area contributed by atoms with E-state index in [-0.39, 0.29) is 0 Å². The molecule has 1 fully saturated rings. The van der Waals surface area contributed by atoms with Crippen molar-refractivity contribution in [3.63, 3.8) is 0 Å². The molecule has 24 heavy (non-hydrogen) atoms. The molecule has 0 radical (unpaired) electrons. The van der Waals surface area contributed by atoms with Gasteiger partial charge < -0.3 is 14.4 Å². The molecule has 1 aromatic carbocycles. The van der Waals surface area contributed by atoms with E-state index in [1.165, 1.54) is 11.3 Å². The number of piperazine rings is 1. The molecule has 0 atom stereocenters. The number of anilines is 1. The third kappa shape index (κ3) is 3.22. The van der Waals surface area contributed by atoms with Crippen LogP contribution in [0.3, 0.4) is 0 Å². The summed E-state index contributed by atoms with van der Waals surface area (Å²) in [6, 6.07) is 9.08. The molecule has 1 aromatic heterocycles. The molecule has 3 rings (SSSR count). The van der Waals surface area contributed by atoms with Gasteiger partial charge >= 0.3 is 0 Å². The monoisotopic (exact) mass is 368 g/mol. The van der Waals surface area contributed by atoms with Crippen molar-refractivity contribution in [2.24, 2.45) is 0 Å². The molecule has 8 heteroatoms. The van der Waals surface area contributed by atoms with Gasteiger partial charge in [0.05, 0.1) is 19.9 Å². The number of hydrogen-bond acceptors (Lipinski definition) is 6. The minimum atomic E-state index is -3.38. The number of hydrogen-bond donors (Lipinski definition) is 0. The van der Waals surface area contributed by atoms with E-state index in [0.29, 0.717) is 30.4 Å². The zero-order chi connectivity index (χ0) is 17.2. The fourth-order valence-electron chi connectivity index (χ4n) is 2.75. The Morgan fingerprint density at radius 1 is 1.04 bits per heavy atom. The topological polar surface area (TPSA) is 59.1 Å². The molecule has 0 aliphatic carbocycles. The third-order valence-corrected chi connectivity index (χ3v) is 7.33. The minimum absolute atomic E-state index is 0.401. The van der Waals surface area contributed by atoms with Crippen molar-refractivity contribution in [2.45, 2.75) is 4.21 Å². The first-order valence-corrected chi connectivity index (χ1v) is 9.89. The van der Waals surface area contributed by atoms with Gasteiger partial charge in [-0.1, -0.05) is 6.07 Å². The highest BCUT2D eigenvalue weighted by molar-refractivity contribution is 7.91. The highest BCUT2D eigenvalue weighted by Gasteiger charge is 2.30. The van der Waals surface area contributed by atoms with Crippen LogP contribution in [0, 0.1) is 0 Å². The molecule has 0 amide bonds. The SMILES string of the molecule is COc1ccc(N2CCN(S(=O)(=O)c3cccs3)CC2)c(OC)c1. The zero-order valence-electron chi connectivity index (χ0n) is 13.6. The van der Waals surface area contributed by atoms with Crippen molar-refractivity contribution in [3.8, 4) is 11.5 Å². The van der Waals surface area contributed by atoms with Gasteiger partial charge in [0.2, 0.25) is 0 Å². The van der Waals surface area contributed by atoms with Crippen molar-refractivity contribution in [2.75, 3.05) is 45.3 Å². The molecule has 1 saturated heterocycles. The van der Waals surface area contributed by atoms with E-state index in [4.69, 9.17) is 9.47 Å². The Hall–Kier alpha value is -1.77. The van der Waals surface area contributed by atoms with Gasteiger partial charge in [0.1, 0.15) is 15.7 Å². The van der Waals surface area contributed by atoms with Crippen LogP contribution in [0.4, 0.5) is 5.69 Å². The Kier molecular flexibility index (Phi) is 4.98. The van der Waals surface area contributed by atoms with Crippen LogP contribution in [0.5, 0.6) is 11.5 Å². The lowest BCUT2D eigenvalue weighted by molar-refractivity contribution is 0.376. The first kappa shape index (κ1) is 17.1. The molecule has 0 unspecified atom stereocenters. The number of thiophene rings is 1. The maximum Gasteiger partial charge on any atom is 0.252 e. The largest absolute Gasteiger partial charge is 0.497 e. The predicted molar refractivity (Wildman–Crippen MR) is 94.8 cm³/mol. The third-order valence-electron chi connectivity index (χ3n) is 4.06. The number of methoxy groups -OCH3 is 2. The lowest BCUT2D eigenvalue weighted by Crippen LogP contribution is -2.48. The molecule has 2 aromatic rings. The Morgan fingerprint density at radius 3 is 2.38 bits per heavy atom. The lowest BCUT2D eigenvalue weighted by Gasteiger charge is -2.35. The molecule has 1 aliphatic rings. The van der Waals surface area contributed by atoms with Crippen LogP contribution in [0.15, 0.2) is 39.9 Å². The molecule has 0 bridgehead atoms. The van der Waals surface area contributed by atoms with Gasteiger partial charge in [-0.3, -0.25) is 0 Å². The van der Waals surface area contributed by atoms with Crippen LogP contribution in [-0.4, -0.2) is 53.1 Å². The number of benzene rings is 1. The predicted octanol–water partition coefficient (Wildman–Crippen LogP) is 2.28. The summed E-state index contributed by atoms with van der Waals surface area (Å²) < 4.78 is 37.8. The van der Waals surface area contributed by atoms with E-state index in [0.717, 1.165) is 17.2 Å². The van der Waals surface area contributed by atoms with Crippen molar-refractivity contribution in [1.29, 1.82) is 0 Å². The first-order chi connectivity index (χ1) is 11.6. The Balaban J connectivity index is 1.74. The normalized spacial score (nSPS) is 16.2. The molecule has 0 spiro atoms. The summed E-state index contributed by atoms with van der Waals surface area (Å²) in [4.78, 5) is 2.14. The summed E-state index contributed by atoms with van der Waals surface area (Å²) in [5.74, 6) is 1.46. The second-order valence-corrected chi connectivity index (χ2v) is 8.47. The van der Waals surface area contributed by atoms with Crippen LogP contribution >= 0.6 is 11.3 Å². The van der Waals surface area contributed by atoms with Gasteiger partial charge in [0.25, 0.3) is 10.0 Å². The van der Waals surface area contributed by atoms with Crippen molar-refractivity contribution < 1.29 is 17.9 Å². The minimum Gasteiger partial charge on any atom is -0.497 e. The quantitative estimate of drug-likeness (QED) is 0.810. The van der Waals surface area contributed by atoms with E-state index < -0.39 is 10.0 Å². The molecule has 0 saturated carbocycles. The van der Waals surface area contributed by atoms with E-state index in [2.05, 4.69) is 4.90 Å². The number of sulfonamides is 1. The van der Waals surface area contributed by atoms with Gasteiger partial charge in [-0.25, -0.2) is 8.42 Å². The van der Waals surface area contributed by atoms with E-state index in [9.17, 15) is 8.42 Å². The Morgan fingerprint density at radius 2 is 1.79 bits per heavy atom. The van der Waals surface area contributed by atoms with Gasteiger partial charge in [-0.2, -0.15) is 4.31 Å². The lowest BCUT2D eigenvalue weighted by atomic mass is 10.2. The number of nitrogens with zero attached hydrogens (tertiary/aromatic N) is 2. The van der Waals surface area contributed by atoms with E-state index in [1.807, 2.05) is 18.2 Å². The molecular formula is C16H20N2O4S2. The summed E-state index contributed by atoms with van der Waals surface area (Å²) in [6.07, 6.45) is 0. The smallest absolute Gasteiger partial charge is 0.252 e. The molecule has 6 nitrogen and oxygen atoms in total. The fraction of sp³-hybridized carbons (Fsp3) is 0.375. The molecule has 2 heterocycles. The number of rotatable bonds is 5. The van der Waals surface area contributed by atoms with Crippen LogP contribution in [0.1, 0.15) is 0 Å². The van der Waals surface area contributed by atoms with Crippen LogP contribution in [0.25, 0.3) is 0 Å². The van der Waals surface area contributed by atoms with E-state index in [1.54, 1.807) is 36.0 Å². The highest BCUT2D eigenvalue weighted by atomic mass is 32.2. The van der Waals surface area contributed by atoms with Gasteiger partial charge in [0.15, 0.2) is 0 Å². The number of ether oxygens (including phenoxy) is 2. The van der Waals surface area contributed by atoms with Crippen molar-refractivity contribution in [1.82, 2.24) is 4.31 Å². The Labute approximate surface area is 146 Å². The fourth-order valence-corrected chi connectivity index (χ4v) is 5.32. The maximum atomic E-state index is 12.6. The molecular weight excluding hydrogens is 348 g/mol. The zero-order valence-corrected chi connectivity index (χ0v) is 15.3. The maximum absolute atomic E-state index is 12.6. The summed E-state index contributed by atoms with van der Waals surface area (Å²) in [6.45, 7) is 2.14. The van der Waals surface area contributed by atoms with Crippen LogP contribution in [0.2, 0.25) is 0 Å². The van der Waals surface area contributed by atoms with Gasteiger partial charge in [-0.15, -0.1) is 11.3 Å². The molecule has 130 valence electrons. The van der Waals surface area contributed by atoms with Crippen molar-refractivity contribution in [3.05, 3.63) is 35.7 Å². The molecule has 0 N–H and O–H groups in total. The Bertz CT molecular complexity index is 782. The average Bonchev–Trinajstić information content (AvgIpc) is 3.17. The average molecular weight is 368 g/mol. The van der Waals surface area contributed by atoms with E-state index >= 15 is 0 Å². The first-order valence-electron chi connectivity index (χ1n) is 7.57. The summed E-state index contributed by atoms with van der Waals surface area (Å²) in [5, 5.41) is 1.78. The van der Waals surface area contributed by atoms with Crippen LogP contribution in [-0.2, 0) is 10.0 Å². The summed E-state index contributed by atoms with van der Waals surface area (Å²) >= 11 is 1.25. The summed E-state index contributed by atoms with van der Waals surface area (Å²) in [7, 11) is -0.142. The second kappa shape index (κ2) is 7.00. The standard InChI is InChI=1S/C16H20N2O4S2/c1-21-13-5-6-14(15(12-13)22-2)17-7-9-18(10-8-17)24(19,20)16-4-3-11-23-16/h3-6,11-12H,7-10H2,1-2H3. The van der Waals surface area contributed by atoms with Crippen LogP contribution < -0.4 is 14.4 Å². The molecule has 1 aliphatic heterocycles. The summed E-state index contributed by atoms with van der Waals surface area (Å²) in [5.41, 5.74) is 0.950. The van der Waals surface area contributed by atoms with Gasteiger partial charge in [0, 0.05) is 32.2 Å². The second-order valence-electron chi connectivity index (χ2n) is 5.36. The highest BCUT2D eigenvalue weighted by Crippen LogP contribution is 2.33. The van der Waals surface area contributed by atoms with Crippen molar-refractivity contribution >= 4 is 27.0 Å². The van der Waals surface area contributed by atoms with Gasteiger partial charge in [-0.05, 0) is 23.6 Å².